The molecule has 0 fully saturated rings. The van der Waals surface area contributed by atoms with E-state index in [0.29, 0.717) is 6.61 Å². The number of nitrogens with one attached hydrogen (secondary N) is 1. The van der Waals surface area contributed by atoms with Gasteiger partial charge in [0.25, 0.3) is 0 Å². The van der Waals surface area contributed by atoms with Crippen LogP contribution < -0.4 is 10.1 Å². The Balaban J connectivity index is 1.86. The van der Waals surface area contributed by atoms with Crippen molar-refractivity contribution >= 4 is 24.1 Å². The Morgan fingerprint density at radius 1 is 1.16 bits per heavy atom. The highest BCUT2D eigenvalue weighted by Gasteiger charge is 2.13. The molecule has 2 aromatic rings. The molecule has 0 saturated carbocycles. The summed E-state index contributed by atoms with van der Waals surface area (Å²) in [6.07, 6.45) is 0.241. The topological polar surface area (TPSA) is 38.3 Å². The molecule has 1 atom stereocenters. The standard InChI is InChI=1S/C21H25NO2S/c1-14-8-7-9-15(2)21(14)24-13-17(4)22-20(23)12-16(3)18-10-5-6-11-19(18)25/h5-11,17,25H,3,12-13H2,1-2,4H3,(H,22,23). The second-order valence-electron chi connectivity index (χ2n) is 6.30. The van der Waals surface area contributed by atoms with Gasteiger partial charge >= 0.3 is 0 Å². The van der Waals surface area contributed by atoms with Crippen LogP contribution in [-0.2, 0) is 4.79 Å². The Kier molecular flexibility index (Phi) is 6.71. The Hall–Kier alpha value is -2.20. The molecule has 2 aromatic carbocycles. The zero-order valence-electron chi connectivity index (χ0n) is 15.0. The van der Waals surface area contributed by atoms with E-state index in [0.717, 1.165) is 32.9 Å². The largest absolute Gasteiger partial charge is 0.491 e. The third kappa shape index (κ3) is 5.40. The van der Waals surface area contributed by atoms with Gasteiger partial charge in [-0.2, -0.15) is 0 Å². The molecule has 25 heavy (non-hydrogen) atoms. The fourth-order valence-corrected chi connectivity index (χ4v) is 2.98. The van der Waals surface area contributed by atoms with Gasteiger partial charge in [-0.05, 0) is 49.1 Å². The summed E-state index contributed by atoms with van der Waals surface area (Å²) in [5.41, 5.74) is 3.85. The third-order valence-corrected chi connectivity index (χ3v) is 4.34. The molecule has 0 heterocycles. The van der Waals surface area contributed by atoms with Crippen LogP contribution in [0.3, 0.4) is 0 Å². The van der Waals surface area contributed by atoms with Gasteiger partial charge in [0.1, 0.15) is 12.4 Å². The summed E-state index contributed by atoms with van der Waals surface area (Å²) >= 11 is 4.41. The maximum absolute atomic E-state index is 12.2. The predicted molar refractivity (Wildman–Crippen MR) is 106 cm³/mol. The van der Waals surface area contributed by atoms with Crippen molar-refractivity contribution in [3.05, 3.63) is 65.7 Å². The molecular weight excluding hydrogens is 330 g/mol. The lowest BCUT2D eigenvalue weighted by Crippen LogP contribution is -2.36. The van der Waals surface area contributed by atoms with Crippen LogP contribution in [0.15, 0.2) is 53.9 Å². The number of amides is 1. The maximum atomic E-state index is 12.2. The number of ether oxygens (including phenoxy) is 1. The average molecular weight is 356 g/mol. The smallest absolute Gasteiger partial charge is 0.224 e. The second-order valence-corrected chi connectivity index (χ2v) is 6.78. The van der Waals surface area contributed by atoms with E-state index in [1.807, 2.05) is 63.2 Å². The van der Waals surface area contributed by atoms with Gasteiger partial charge in [-0.25, -0.2) is 0 Å². The average Bonchev–Trinajstić information content (AvgIpc) is 2.54. The second kappa shape index (κ2) is 8.77. The van der Waals surface area contributed by atoms with Gasteiger partial charge in [0.15, 0.2) is 0 Å². The number of benzene rings is 2. The van der Waals surface area contributed by atoms with Crippen molar-refractivity contribution in [2.45, 2.75) is 38.1 Å². The van der Waals surface area contributed by atoms with E-state index in [1.165, 1.54) is 0 Å². The van der Waals surface area contributed by atoms with E-state index in [-0.39, 0.29) is 18.4 Å². The van der Waals surface area contributed by atoms with Crippen molar-refractivity contribution in [3.63, 3.8) is 0 Å². The molecule has 2 rings (SSSR count). The molecule has 1 unspecified atom stereocenters. The lowest BCUT2D eigenvalue weighted by atomic mass is 10.0. The lowest BCUT2D eigenvalue weighted by Gasteiger charge is -2.18. The first-order valence-electron chi connectivity index (χ1n) is 8.33. The van der Waals surface area contributed by atoms with Crippen molar-refractivity contribution in [1.29, 1.82) is 0 Å². The van der Waals surface area contributed by atoms with E-state index < -0.39 is 0 Å². The minimum atomic E-state index is -0.0921. The van der Waals surface area contributed by atoms with Crippen LogP contribution in [0.1, 0.15) is 30.0 Å². The number of para-hydroxylation sites is 1. The van der Waals surface area contributed by atoms with E-state index in [4.69, 9.17) is 4.74 Å². The number of hydrogen-bond acceptors (Lipinski definition) is 3. The fraction of sp³-hybridized carbons (Fsp3) is 0.286. The van der Waals surface area contributed by atoms with Crippen molar-refractivity contribution in [1.82, 2.24) is 5.32 Å². The summed E-state index contributed by atoms with van der Waals surface area (Å²) in [5, 5.41) is 2.96. The zero-order valence-corrected chi connectivity index (χ0v) is 15.9. The van der Waals surface area contributed by atoms with Gasteiger partial charge in [-0.3, -0.25) is 4.79 Å². The minimum absolute atomic E-state index is 0.0702. The molecular formula is C21H25NO2S. The Morgan fingerprint density at radius 2 is 1.80 bits per heavy atom. The molecule has 1 amide bonds. The molecule has 0 aliphatic heterocycles. The molecule has 0 radical (unpaired) electrons. The monoisotopic (exact) mass is 355 g/mol. The van der Waals surface area contributed by atoms with E-state index in [1.54, 1.807) is 0 Å². The molecule has 0 bridgehead atoms. The highest BCUT2D eigenvalue weighted by molar-refractivity contribution is 7.80. The normalized spacial score (nSPS) is 11.7. The molecule has 0 saturated heterocycles. The van der Waals surface area contributed by atoms with Crippen LogP contribution in [0.25, 0.3) is 5.57 Å². The van der Waals surface area contributed by atoms with Gasteiger partial charge in [0.2, 0.25) is 5.91 Å². The predicted octanol–water partition coefficient (Wildman–Crippen LogP) is 4.58. The fourth-order valence-electron chi connectivity index (χ4n) is 2.66. The molecule has 0 aliphatic carbocycles. The Morgan fingerprint density at radius 3 is 2.44 bits per heavy atom. The van der Waals surface area contributed by atoms with Crippen LogP contribution in [0.5, 0.6) is 5.75 Å². The van der Waals surface area contributed by atoms with Gasteiger partial charge in [0.05, 0.1) is 12.5 Å². The van der Waals surface area contributed by atoms with E-state index in [9.17, 15) is 4.79 Å². The summed E-state index contributed by atoms with van der Waals surface area (Å²) in [6.45, 7) is 10.4. The Bertz CT molecular complexity index is 750. The van der Waals surface area contributed by atoms with Crippen molar-refractivity contribution in [2.75, 3.05) is 6.61 Å². The van der Waals surface area contributed by atoms with Crippen molar-refractivity contribution in [2.24, 2.45) is 0 Å². The molecule has 132 valence electrons. The van der Waals surface area contributed by atoms with Crippen LogP contribution >= 0.6 is 12.6 Å². The van der Waals surface area contributed by atoms with Crippen molar-refractivity contribution in [3.8, 4) is 5.75 Å². The van der Waals surface area contributed by atoms with Crippen LogP contribution in [0.4, 0.5) is 0 Å². The number of thiol groups is 1. The molecule has 3 nitrogen and oxygen atoms in total. The van der Waals surface area contributed by atoms with Gasteiger partial charge in [-0.1, -0.05) is 43.0 Å². The van der Waals surface area contributed by atoms with Crippen molar-refractivity contribution < 1.29 is 9.53 Å². The summed E-state index contributed by atoms with van der Waals surface area (Å²) in [7, 11) is 0. The molecule has 0 aromatic heterocycles. The molecule has 0 aliphatic rings. The number of hydrogen-bond donors (Lipinski definition) is 2. The molecule has 0 spiro atoms. The summed E-state index contributed by atoms with van der Waals surface area (Å²) in [6, 6.07) is 13.6. The molecule has 4 heteroatoms. The summed E-state index contributed by atoms with van der Waals surface area (Å²) in [5.74, 6) is 0.816. The van der Waals surface area contributed by atoms with Crippen LogP contribution in [-0.4, -0.2) is 18.6 Å². The van der Waals surface area contributed by atoms with Crippen LogP contribution in [0.2, 0.25) is 0 Å². The first-order valence-corrected chi connectivity index (χ1v) is 8.77. The highest BCUT2D eigenvalue weighted by atomic mass is 32.1. The lowest BCUT2D eigenvalue weighted by molar-refractivity contribution is -0.120. The Labute approximate surface area is 155 Å². The third-order valence-electron chi connectivity index (χ3n) is 3.95. The van der Waals surface area contributed by atoms with Gasteiger partial charge in [-0.15, -0.1) is 12.6 Å². The molecule has 1 N–H and O–H groups in total. The van der Waals surface area contributed by atoms with E-state index >= 15 is 0 Å². The van der Waals surface area contributed by atoms with Crippen LogP contribution in [0, 0.1) is 13.8 Å². The number of rotatable bonds is 7. The minimum Gasteiger partial charge on any atom is -0.491 e. The van der Waals surface area contributed by atoms with Gasteiger partial charge in [0, 0.05) is 4.90 Å². The SMILES string of the molecule is C=C(CC(=O)NC(C)COc1c(C)cccc1C)c1ccccc1S. The first kappa shape index (κ1) is 19.1. The first-order chi connectivity index (χ1) is 11.9. The van der Waals surface area contributed by atoms with Gasteiger partial charge < -0.3 is 10.1 Å². The quantitative estimate of drug-likeness (QED) is 0.714. The van der Waals surface area contributed by atoms with E-state index in [2.05, 4.69) is 24.5 Å². The maximum Gasteiger partial charge on any atom is 0.224 e. The summed E-state index contributed by atoms with van der Waals surface area (Å²) in [4.78, 5) is 13.1. The number of carbonyl (C=O) groups excluding carboxylic acids is 1. The summed E-state index contributed by atoms with van der Waals surface area (Å²) < 4.78 is 5.89. The highest BCUT2D eigenvalue weighted by Crippen LogP contribution is 2.24. The number of aryl methyl sites for hydroxylation is 2. The zero-order chi connectivity index (χ0) is 18.4. The number of carbonyl (C=O) groups is 1.